The lowest BCUT2D eigenvalue weighted by Crippen LogP contribution is -2.23. The molecule has 2 aromatic rings. The van der Waals surface area contributed by atoms with Crippen molar-refractivity contribution in [3.63, 3.8) is 0 Å². The summed E-state index contributed by atoms with van der Waals surface area (Å²) >= 11 is 1.57. The summed E-state index contributed by atoms with van der Waals surface area (Å²) in [7, 11) is 0. The molecule has 0 bridgehead atoms. The monoisotopic (exact) mass is 284 g/mol. The minimum atomic E-state index is -0.654. The average molecular weight is 284 g/mol. The largest absolute Gasteiger partial charge is 0.325 e. The molecule has 102 valence electrons. The van der Waals surface area contributed by atoms with Crippen molar-refractivity contribution in [1.29, 1.82) is 5.26 Å². The number of amides is 1. The minimum Gasteiger partial charge on any atom is -0.325 e. The molecular weight excluding hydrogens is 268 g/mol. The lowest BCUT2D eigenvalue weighted by Gasteiger charge is -2.12. The molecule has 4 heteroatoms. The van der Waals surface area contributed by atoms with E-state index in [1.165, 1.54) is 0 Å². The van der Waals surface area contributed by atoms with Crippen LogP contribution < -0.4 is 5.32 Å². The van der Waals surface area contributed by atoms with Crippen molar-refractivity contribution < 1.29 is 4.79 Å². The maximum atomic E-state index is 12.2. The molecule has 20 heavy (non-hydrogen) atoms. The van der Waals surface area contributed by atoms with Gasteiger partial charge in [0.1, 0.15) is 5.92 Å². The zero-order valence-electron chi connectivity index (χ0n) is 11.3. The highest BCUT2D eigenvalue weighted by Crippen LogP contribution is 2.19. The summed E-state index contributed by atoms with van der Waals surface area (Å²) in [5, 5.41) is 14.0. The Bertz CT molecular complexity index is 614. The molecule has 1 N–H and O–H groups in total. The van der Waals surface area contributed by atoms with Gasteiger partial charge in [-0.25, -0.2) is 0 Å². The Labute approximate surface area is 122 Å². The molecule has 1 unspecified atom stereocenters. The molecule has 1 amide bonds. The predicted octanol–water partition coefficient (Wildman–Crippen LogP) is 3.63. The molecule has 3 nitrogen and oxygen atoms in total. The normalized spacial score (nSPS) is 11.6. The molecule has 0 spiro atoms. The quantitative estimate of drug-likeness (QED) is 0.911. The van der Waals surface area contributed by atoms with Crippen LogP contribution in [-0.2, 0) is 17.6 Å². The van der Waals surface area contributed by atoms with E-state index in [-0.39, 0.29) is 5.91 Å². The molecule has 0 aliphatic rings. The van der Waals surface area contributed by atoms with Gasteiger partial charge in [-0.3, -0.25) is 4.79 Å². The fourth-order valence-corrected chi connectivity index (χ4v) is 2.75. The minimum absolute atomic E-state index is 0.234. The number of nitrogens with one attached hydrogen (secondary N) is 1. The topological polar surface area (TPSA) is 52.9 Å². The third kappa shape index (κ3) is 3.46. The van der Waals surface area contributed by atoms with Gasteiger partial charge in [-0.15, -0.1) is 11.3 Å². The fraction of sp³-hybridized carbons (Fsp3) is 0.250. The summed E-state index contributed by atoms with van der Waals surface area (Å²) in [5.74, 6) is -0.889. The summed E-state index contributed by atoms with van der Waals surface area (Å²) in [5.41, 5.74) is 1.88. The van der Waals surface area contributed by atoms with E-state index < -0.39 is 5.92 Å². The first-order valence-corrected chi connectivity index (χ1v) is 7.43. The van der Waals surface area contributed by atoms with Crippen LogP contribution in [0, 0.1) is 17.2 Å². The van der Waals surface area contributed by atoms with E-state index in [4.69, 9.17) is 0 Å². The second-order valence-electron chi connectivity index (χ2n) is 4.47. The van der Waals surface area contributed by atoms with E-state index in [9.17, 15) is 10.1 Å². The number of hydrogen-bond donors (Lipinski definition) is 1. The van der Waals surface area contributed by atoms with Crippen LogP contribution in [0.5, 0.6) is 0 Å². The first-order chi connectivity index (χ1) is 9.74. The van der Waals surface area contributed by atoms with Crippen LogP contribution in [0.25, 0.3) is 0 Å². The van der Waals surface area contributed by atoms with Crippen molar-refractivity contribution in [3.8, 4) is 6.07 Å². The third-order valence-corrected chi connectivity index (χ3v) is 4.01. The van der Waals surface area contributed by atoms with Gasteiger partial charge in [0.15, 0.2) is 0 Å². The number of thiophene rings is 1. The van der Waals surface area contributed by atoms with E-state index in [0.29, 0.717) is 6.42 Å². The molecule has 0 saturated heterocycles. The number of para-hydroxylation sites is 1. The highest BCUT2D eigenvalue weighted by molar-refractivity contribution is 7.09. The standard InChI is InChI=1S/C16H16N2OS/c1-2-12-6-3-4-8-15(12)18-16(19)13(11-17)10-14-7-5-9-20-14/h3-9,13H,2,10H2,1H3,(H,18,19). The van der Waals surface area contributed by atoms with Gasteiger partial charge in [0.25, 0.3) is 0 Å². The number of carbonyl (C=O) groups excluding carboxylic acids is 1. The molecule has 1 aromatic heterocycles. The van der Waals surface area contributed by atoms with Gasteiger partial charge in [-0.05, 0) is 29.5 Å². The second kappa shape index (κ2) is 6.88. The summed E-state index contributed by atoms with van der Waals surface area (Å²) in [6, 6.07) is 13.7. The number of aryl methyl sites for hydroxylation is 1. The average Bonchev–Trinajstić information content (AvgIpc) is 2.98. The van der Waals surface area contributed by atoms with Gasteiger partial charge in [-0.2, -0.15) is 5.26 Å². The Balaban J connectivity index is 2.08. The predicted molar refractivity (Wildman–Crippen MR) is 81.6 cm³/mol. The van der Waals surface area contributed by atoms with Crippen molar-refractivity contribution in [3.05, 3.63) is 52.2 Å². The first-order valence-electron chi connectivity index (χ1n) is 6.55. The molecule has 0 aliphatic heterocycles. The Hall–Kier alpha value is -2.12. The summed E-state index contributed by atoms with van der Waals surface area (Å²) < 4.78 is 0. The van der Waals surface area contributed by atoms with Crippen LogP contribution in [0.3, 0.4) is 0 Å². The lowest BCUT2D eigenvalue weighted by molar-refractivity contribution is -0.118. The molecule has 1 heterocycles. The Kier molecular flexibility index (Phi) is 4.91. The molecule has 0 radical (unpaired) electrons. The van der Waals surface area contributed by atoms with Crippen LogP contribution >= 0.6 is 11.3 Å². The Morgan fingerprint density at radius 2 is 2.15 bits per heavy atom. The molecule has 0 fully saturated rings. The summed E-state index contributed by atoms with van der Waals surface area (Å²) in [4.78, 5) is 13.3. The van der Waals surface area contributed by atoms with Crippen molar-refractivity contribution in [2.45, 2.75) is 19.8 Å². The van der Waals surface area contributed by atoms with Gasteiger partial charge < -0.3 is 5.32 Å². The van der Waals surface area contributed by atoms with Gasteiger partial charge in [0.2, 0.25) is 5.91 Å². The molecule has 1 atom stereocenters. The fourth-order valence-electron chi connectivity index (χ4n) is 2.00. The van der Waals surface area contributed by atoms with E-state index in [2.05, 4.69) is 11.4 Å². The van der Waals surface area contributed by atoms with Crippen LogP contribution in [0.1, 0.15) is 17.4 Å². The maximum Gasteiger partial charge on any atom is 0.242 e. The van der Waals surface area contributed by atoms with E-state index in [0.717, 1.165) is 22.5 Å². The van der Waals surface area contributed by atoms with Crippen LogP contribution in [0.4, 0.5) is 5.69 Å². The van der Waals surface area contributed by atoms with Crippen molar-refractivity contribution in [2.75, 3.05) is 5.32 Å². The highest BCUT2D eigenvalue weighted by Gasteiger charge is 2.19. The molecule has 0 aliphatic carbocycles. The Morgan fingerprint density at radius 1 is 1.35 bits per heavy atom. The third-order valence-electron chi connectivity index (χ3n) is 3.11. The van der Waals surface area contributed by atoms with Gasteiger partial charge in [-0.1, -0.05) is 31.2 Å². The number of carbonyl (C=O) groups is 1. The van der Waals surface area contributed by atoms with E-state index in [1.54, 1.807) is 11.3 Å². The Morgan fingerprint density at radius 3 is 2.80 bits per heavy atom. The number of nitriles is 1. The number of benzene rings is 1. The molecule has 1 aromatic carbocycles. The van der Waals surface area contributed by atoms with Gasteiger partial charge in [0.05, 0.1) is 6.07 Å². The lowest BCUT2D eigenvalue weighted by atomic mass is 10.0. The van der Waals surface area contributed by atoms with E-state index in [1.807, 2.05) is 48.7 Å². The second-order valence-corrected chi connectivity index (χ2v) is 5.50. The smallest absolute Gasteiger partial charge is 0.242 e. The first kappa shape index (κ1) is 14.3. The van der Waals surface area contributed by atoms with Crippen molar-refractivity contribution in [2.24, 2.45) is 5.92 Å². The number of hydrogen-bond acceptors (Lipinski definition) is 3. The van der Waals surface area contributed by atoms with Crippen molar-refractivity contribution in [1.82, 2.24) is 0 Å². The van der Waals surface area contributed by atoms with Crippen LogP contribution in [0.2, 0.25) is 0 Å². The highest BCUT2D eigenvalue weighted by atomic mass is 32.1. The zero-order valence-corrected chi connectivity index (χ0v) is 12.1. The van der Waals surface area contributed by atoms with E-state index >= 15 is 0 Å². The number of anilines is 1. The number of rotatable bonds is 5. The summed E-state index contributed by atoms with van der Waals surface area (Å²) in [6.45, 7) is 2.04. The van der Waals surface area contributed by atoms with Crippen LogP contribution in [0.15, 0.2) is 41.8 Å². The molecule has 0 saturated carbocycles. The molecular formula is C16H16N2OS. The summed E-state index contributed by atoms with van der Waals surface area (Å²) in [6.07, 6.45) is 1.31. The maximum absolute atomic E-state index is 12.2. The van der Waals surface area contributed by atoms with Crippen LogP contribution in [-0.4, -0.2) is 5.91 Å². The number of nitrogens with zero attached hydrogens (tertiary/aromatic N) is 1. The van der Waals surface area contributed by atoms with Crippen molar-refractivity contribution >= 4 is 22.9 Å². The van der Waals surface area contributed by atoms with Gasteiger partial charge in [0, 0.05) is 17.0 Å². The zero-order chi connectivity index (χ0) is 14.4. The SMILES string of the molecule is CCc1ccccc1NC(=O)C(C#N)Cc1cccs1. The molecule has 2 rings (SSSR count). The van der Waals surface area contributed by atoms with Gasteiger partial charge >= 0.3 is 0 Å².